The van der Waals surface area contributed by atoms with Gasteiger partial charge in [-0.1, -0.05) is 6.07 Å². The van der Waals surface area contributed by atoms with E-state index < -0.39 is 33.2 Å². The van der Waals surface area contributed by atoms with Crippen LogP contribution in [0.25, 0.3) is 0 Å². The molecule has 0 aromatic heterocycles. The molecule has 112 valence electrons. The van der Waals surface area contributed by atoms with Gasteiger partial charge in [-0.25, -0.2) is 17.5 Å². The number of ether oxygens (including phenoxy) is 1. The predicted molar refractivity (Wildman–Crippen MR) is 71.0 cm³/mol. The van der Waals surface area contributed by atoms with Crippen LogP contribution in [0.2, 0.25) is 0 Å². The van der Waals surface area contributed by atoms with Crippen LogP contribution in [0.1, 0.15) is 13.3 Å². The molecule has 4 N–H and O–H groups in total. The first-order valence-corrected chi connectivity index (χ1v) is 7.62. The first kappa shape index (κ1) is 15.2. The Morgan fingerprint density at radius 3 is 2.90 bits per heavy atom. The summed E-state index contributed by atoms with van der Waals surface area (Å²) < 4.78 is 45.0. The van der Waals surface area contributed by atoms with Crippen molar-refractivity contribution in [2.24, 2.45) is 0 Å². The van der Waals surface area contributed by atoms with Crippen LogP contribution in [0, 0.1) is 5.82 Å². The molecule has 1 aliphatic heterocycles. The fourth-order valence-corrected chi connectivity index (χ4v) is 3.29. The molecule has 6 nitrogen and oxygen atoms in total. The molecule has 0 bridgehead atoms. The number of aliphatic hydroxyl groups is 1. The number of halogens is 1. The Kier molecular flexibility index (Phi) is 4.01. The predicted octanol–water partition coefficient (Wildman–Crippen LogP) is 0.226. The number of anilines is 1. The fraction of sp³-hybridized carbons (Fsp3) is 0.500. The summed E-state index contributed by atoms with van der Waals surface area (Å²) in [6, 6.07) is 3.55. The number of nitrogen functional groups attached to an aromatic ring is 1. The fourth-order valence-electron chi connectivity index (χ4n) is 2.05. The van der Waals surface area contributed by atoms with Crippen LogP contribution >= 0.6 is 0 Å². The first-order valence-electron chi connectivity index (χ1n) is 6.14. The summed E-state index contributed by atoms with van der Waals surface area (Å²) in [5.41, 5.74) is 3.72. The van der Waals surface area contributed by atoms with E-state index in [9.17, 15) is 17.9 Å². The van der Waals surface area contributed by atoms with E-state index in [2.05, 4.69) is 4.72 Å². The van der Waals surface area contributed by atoms with Gasteiger partial charge < -0.3 is 15.6 Å². The largest absolute Gasteiger partial charge is 0.395 e. The molecule has 1 aromatic rings. The second-order valence-electron chi connectivity index (χ2n) is 4.84. The number of sulfonamides is 1. The third-order valence-corrected chi connectivity index (χ3v) is 4.99. The molecule has 1 saturated heterocycles. The van der Waals surface area contributed by atoms with Crippen molar-refractivity contribution in [1.29, 1.82) is 0 Å². The quantitative estimate of drug-likeness (QED) is 0.691. The zero-order chi connectivity index (χ0) is 15.0. The highest BCUT2D eigenvalue weighted by atomic mass is 32.2. The molecule has 8 heteroatoms. The van der Waals surface area contributed by atoms with Gasteiger partial charge >= 0.3 is 0 Å². The van der Waals surface area contributed by atoms with E-state index in [0.29, 0.717) is 13.0 Å². The smallest absolute Gasteiger partial charge is 0.242 e. The van der Waals surface area contributed by atoms with E-state index in [1.54, 1.807) is 6.92 Å². The summed E-state index contributed by atoms with van der Waals surface area (Å²) in [6.07, 6.45) is -0.148. The van der Waals surface area contributed by atoms with Gasteiger partial charge in [-0.2, -0.15) is 0 Å². The average Bonchev–Trinajstić information content (AvgIpc) is 2.71. The van der Waals surface area contributed by atoms with Crippen LogP contribution < -0.4 is 10.5 Å². The lowest BCUT2D eigenvalue weighted by Gasteiger charge is -2.26. The van der Waals surface area contributed by atoms with E-state index in [1.807, 2.05) is 0 Å². The minimum atomic E-state index is -3.99. The van der Waals surface area contributed by atoms with E-state index >= 15 is 0 Å². The van der Waals surface area contributed by atoms with E-state index in [4.69, 9.17) is 10.5 Å². The van der Waals surface area contributed by atoms with Gasteiger partial charge in [0.2, 0.25) is 10.0 Å². The van der Waals surface area contributed by atoms with Crippen molar-refractivity contribution in [1.82, 2.24) is 4.72 Å². The second kappa shape index (κ2) is 5.28. The van der Waals surface area contributed by atoms with Gasteiger partial charge in [0.15, 0.2) is 0 Å². The van der Waals surface area contributed by atoms with Crippen molar-refractivity contribution in [3.05, 3.63) is 24.0 Å². The van der Waals surface area contributed by atoms with E-state index in [0.717, 1.165) is 6.07 Å². The number of hydrogen-bond donors (Lipinski definition) is 3. The summed E-state index contributed by atoms with van der Waals surface area (Å²) in [4.78, 5) is -0.340. The minimum Gasteiger partial charge on any atom is -0.395 e. The number of hydrogen-bond acceptors (Lipinski definition) is 5. The highest BCUT2D eigenvalue weighted by Crippen LogP contribution is 2.26. The second-order valence-corrected chi connectivity index (χ2v) is 6.58. The van der Waals surface area contributed by atoms with E-state index in [-0.39, 0.29) is 11.4 Å². The molecule has 1 fully saturated rings. The molecular formula is C12H17FN2O4S. The monoisotopic (exact) mass is 304 g/mol. The lowest BCUT2D eigenvalue weighted by atomic mass is 9.97. The number of nitrogens with one attached hydrogen (secondary N) is 1. The van der Waals surface area contributed by atoms with Crippen molar-refractivity contribution in [3.8, 4) is 0 Å². The number of benzene rings is 1. The van der Waals surface area contributed by atoms with Gasteiger partial charge in [-0.15, -0.1) is 0 Å². The molecule has 1 aromatic carbocycles. The first-order chi connectivity index (χ1) is 9.26. The summed E-state index contributed by atoms with van der Waals surface area (Å²) >= 11 is 0. The Morgan fingerprint density at radius 1 is 1.60 bits per heavy atom. The summed E-state index contributed by atoms with van der Waals surface area (Å²) in [5.74, 6) is -0.802. The molecule has 0 spiro atoms. The SMILES string of the molecule is CC1OCCC1(O)CNS(=O)(=O)c1cccc(F)c1N. The maximum absolute atomic E-state index is 13.3. The highest BCUT2D eigenvalue weighted by molar-refractivity contribution is 7.89. The summed E-state index contributed by atoms with van der Waals surface area (Å²) in [5, 5.41) is 10.2. The van der Waals surface area contributed by atoms with Crippen molar-refractivity contribution >= 4 is 15.7 Å². The van der Waals surface area contributed by atoms with Gasteiger partial charge in [0, 0.05) is 19.6 Å². The minimum absolute atomic E-state index is 0.216. The molecule has 0 aliphatic carbocycles. The summed E-state index contributed by atoms with van der Waals surface area (Å²) in [7, 11) is -3.99. The number of nitrogens with two attached hydrogens (primary N) is 1. The van der Waals surface area contributed by atoms with Crippen LogP contribution in [0.4, 0.5) is 10.1 Å². The van der Waals surface area contributed by atoms with Gasteiger partial charge in [0.1, 0.15) is 16.3 Å². The van der Waals surface area contributed by atoms with Crippen LogP contribution in [0.5, 0.6) is 0 Å². The third kappa shape index (κ3) is 2.78. The molecule has 2 unspecified atom stereocenters. The molecule has 1 heterocycles. The van der Waals surface area contributed by atoms with Gasteiger partial charge in [0.25, 0.3) is 0 Å². The van der Waals surface area contributed by atoms with E-state index in [1.165, 1.54) is 12.1 Å². The number of rotatable bonds is 4. The third-order valence-electron chi connectivity index (χ3n) is 3.53. The zero-order valence-electron chi connectivity index (χ0n) is 11.0. The van der Waals surface area contributed by atoms with Crippen molar-refractivity contribution in [2.75, 3.05) is 18.9 Å². The summed E-state index contributed by atoms with van der Waals surface area (Å²) in [6.45, 7) is 1.81. The Balaban J connectivity index is 2.18. The van der Waals surface area contributed by atoms with Crippen LogP contribution in [-0.2, 0) is 14.8 Å². The number of para-hydroxylation sites is 1. The highest BCUT2D eigenvalue weighted by Gasteiger charge is 2.40. The standard InChI is InChI=1S/C12H17FN2O4S/c1-8-12(16,5-6-19-8)7-15-20(17,18)10-4-2-3-9(13)11(10)14/h2-4,8,15-16H,5-7,14H2,1H3. The van der Waals surface area contributed by atoms with Crippen molar-refractivity contribution in [3.63, 3.8) is 0 Å². The topological polar surface area (TPSA) is 102 Å². The molecule has 1 aliphatic rings. The van der Waals surface area contributed by atoms with Gasteiger partial charge in [0.05, 0.1) is 11.8 Å². The maximum atomic E-state index is 13.3. The van der Waals surface area contributed by atoms with Crippen molar-refractivity contribution in [2.45, 2.75) is 29.9 Å². The normalized spacial score (nSPS) is 26.9. The molecular weight excluding hydrogens is 287 g/mol. The van der Waals surface area contributed by atoms with Crippen LogP contribution in [-0.4, -0.2) is 38.4 Å². The molecule has 2 rings (SSSR count). The molecule has 0 saturated carbocycles. The van der Waals surface area contributed by atoms with Gasteiger partial charge in [-0.3, -0.25) is 0 Å². The average molecular weight is 304 g/mol. The lowest BCUT2D eigenvalue weighted by Crippen LogP contribution is -2.47. The van der Waals surface area contributed by atoms with Gasteiger partial charge in [-0.05, 0) is 19.1 Å². The molecule has 0 radical (unpaired) electrons. The zero-order valence-corrected chi connectivity index (χ0v) is 11.8. The van der Waals surface area contributed by atoms with Crippen molar-refractivity contribution < 1.29 is 22.7 Å². The molecule has 20 heavy (non-hydrogen) atoms. The maximum Gasteiger partial charge on any atom is 0.242 e. The lowest BCUT2D eigenvalue weighted by molar-refractivity contribution is -0.0228. The van der Waals surface area contributed by atoms with Crippen LogP contribution in [0.3, 0.4) is 0 Å². The Bertz CT molecular complexity index is 607. The Morgan fingerprint density at radius 2 is 2.30 bits per heavy atom. The Labute approximate surface area is 116 Å². The molecule has 2 atom stereocenters. The Hall–Kier alpha value is -1.22. The molecule has 0 amide bonds. The van der Waals surface area contributed by atoms with Crippen LogP contribution in [0.15, 0.2) is 23.1 Å².